The average Bonchev–Trinajstić information content (AvgIpc) is 3.19. The zero-order valence-corrected chi connectivity index (χ0v) is 19.6. The van der Waals surface area contributed by atoms with Crippen LogP contribution in [-0.4, -0.2) is 53.0 Å². The first-order chi connectivity index (χ1) is 15.6. The number of aromatic nitrogens is 1. The zero-order valence-electron chi connectivity index (χ0n) is 18.8. The lowest BCUT2D eigenvalue weighted by atomic mass is 10.0. The zero-order chi connectivity index (χ0) is 24.3. The first-order valence-electron chi connectivity index (χ1n) is 10.5. The van der Waals surface area contributed by atoms with E-state index in [1.807, 2.05) is 0 Å². The van der Waals surface area contributed by atoms with Gasteiger partial charge in [-0.25, -0.2) is 9.18 Å². The number of halogens is 2. The summed E-state index contributed by atoms with van der Waals surface area (Å²) in [6.45, 7) is 7.74. The van der Waals surface area contributed by atoms with E-state index in [1.54, 1.807) is 33.8 Å². The third-order valence-electron chi connectivity index (χ3n) is 5.33. The normalized spacial score (nSPS) is 14.6. The van der Waals surface area contributed by atoms with Crippen LogP contribution in [-0.2, 0) is 9.53 Å². The van der Waals surface area contributed by atoms with Gasteiger partial charge in [0.05, 0.1) is 11.1 Å². The third-order valence-corrected chi connectivity index (χ3v) is 5.42. The summed E-state index contributed by atoms with van der Waals surface area (Å²) in [5.74, 6) is -1.10. The Hall–Kier alpha value is -3.33. The van der Waals surface area contributed by atoms with Gasteiger partial charge in [-0.2, -0.15) is 0 Å². The molecule has 1 aliphatic heterocycles. The number of alkyl halides is 1. The molecule has 0 saturated carbocycles. The van der Waals surface area contributed by atoms with E-state index in [9.17, 15) is 18.8 Å². The fourth-order valence-corrected chi connectivity index (χ4v) is 3.77. The molecule has 0 fully saturated rings. The van der Waals surface area contributed by atoms with Gasteiger partial charge in [-0.1, -0.05) is 11.6 Å². The first-order valence-corrected chi connectivity index (χ1v) is 11.0. The van der Waals surface area contributed by atoms with Crippen LogP contribution in [0.15, 0.2) is 18.2 Å². The van der Waals surface area contributed by atoms with Crippen LogP contribution in [0.5, 0.6) is 0 Å². The molecule has 1 unspecified atom stereocenters. The average molecular weight is 477 g/mol. The van der Waals surface area contributed by atoms with Crippen molar-refractivity contribution in [2.45, 2.75) is 33.3 Å². The molecule has 1 aromatic carbocycles. The van der Waals surface area contributed by atoms with Crippen LogP contribution in [0, 0.1) is 19.7 Å². The van der Waals surface area contributed by atoms with Crippen molar-refractivity contribution >= 4 is 46.8 Å². The molecule has 176 valence electrons. The molecule has 10 heteroatoms. The summed E-state index contributed by atoms with van der Waals surface area (Å²) >= 11 is 5.69. The van der Waals surface area contributed by atoms with Crippen molar-refractivity contribution in [2.24, 2.45) is 0 Å². The van der Waals surface area contributed by atoms with Crippen LogP contribution < -0.4 is 10.6 Å². The molecule has 2 heterocycles. The van der Waals surface area contributed by atoms with Gasteiger partial charge < -0.3 is 25.3 Å². The maximum absolute atomic E-state index is 13.7. The Balaban J connectivity index is 1.74. The molecular formula is C23H26ClFN4O4. The Morgan fingerprint density at radius 1 is 1.33 bits per heavy atom. The molecule has 3 N–H and O–H groups in total. The maximum atomic E-state index is 13.7. The lowest BCUT2D eigenvalue weighted by Crippen LogP contribution is -2.39. The predicted octanol–water partition coefficient (Wildman–Crippen LogP) is 4.04. The standard InChI is InChI=1S/C23H26ClFN4O4/c1-5-29(23(32)33-14(4)24)9-8-26-22(31)20-12(2)19(27-13(20)3)11-17-16-10-15(25)6-7-18(16)28-21(17)30/h6-7,10-11,14,27H,5,8-9H2,1-4H3,(H,26,31)(H,28,30). The number of hydrogen-bond acceptors (Lipinski definition) is 4. The summed E-state index contributed by atoms with van der Waals surface area (Å²) in [5.41, 5.74) is 2.87. The second-order valence-electron chi connectivity index (χ2n) is 7.63. The predicted molar refractivity (Wildman–Crippen MR) is 125 cm³/mol. The Morgan fingerprint density at radius 2 is 2.06 bits per heavy atom. The van der Waals surface area contributed by atoms with E-state index in [2.05, 4.69) is 15.6 Å². The minimum atomic E-state index is -0.746. The smallest absolute Gasteiger partial charge is 0.411 e. The minimum Gasteiger partial charge on any atom is -0.430 e. The number of fused-ring (bicyclic) bond motifs is 1. The molecule has 2 aromatic rings. The number of nitrogens with one attached hydrogen (secondary N) is 3. The van der Waals surface area contributed by atoms with Crippen molar-refractivity contribution < 1.29 is 23.5 Å². The lowest BCUT2D eigenvalue weighted by Gasteiger charge is -2.21. The molecule has 0 bridgehead atoms. The Labute approximate surface area is 196 Å². The highest BCUT2D eigenvalue weighted by Gasteiger charge is 2.26. The van der Waals surface area contributed by atoms with Crippen LogP contribution in [0.1, 0.15) is 46.7 Å². The monoisotopic (exact) mass is 476 g/mol. The SMILES string of the molecule is CCN(CCNC(=O)c1c(C)[nH]c(C=C2C(=O)Nc3ccc(F)cc32)c1C)C(=O)OC(C)Cl. The maximum Gasteiger partial charge on any atom is 0.411 e. The largest absolute Gasteiger partial charge is 0.430 e. The lowest BCUT2D eigenvalue weighted by molar-refractivity contribution is -0.110. The highest BCUT2D eigenvalue weighted by Crippen LogP contribution is 2.34. The molecule has 3 rings (SSSR count). The number of ether oxygens (including phenoxy) is 1. The van der Waals surface area contributed by atoms with E-state index < -0.39 is 17.5 Å². The summed E-state index contributed by atoms with van der Waals surface area (Å²) in [7, 11) is 0. The quantitative estimate of drug-likeness (QED) is 0.414. The first kappa shape index (κ1) is 24.3. The van der Waals surface area contributed by atoms with E-state index in [4.69, 9.17) is 16.3 Å². The van der Waals surface area contributed by atoms with Gasteiger partial charge in [-0.3, -0.25) is 9.59 Å². The molecule has 0 saturated heterocycles. The number of anilines is 1. The Kier molecular flexibility index (Phi) is 7.43. The minimum absolute atomic E-state index is 0.216. The number of hydrogen-bond donors (Lipinski definition) is 3. The van der Waals surface area contributed by atoms with Gasteiger partial charge in [0.25, 0.3) is 11.8 Å². The van der Waals surface area contributed by atoms with Crippen molar-refractivity contribution in [1.82, 2.24) is 15.2 Å². The fourth-order valence-electron chi connectivity index (χ4n) is 3.69. The van der Waals surface area contributed by atoms with E-state index in [1.165, 1.54) is 23.1 Å². The van der Waals surface area contributed by atoms with Crippen molar-refractivity contribution in [3.05, 3.63) is 52.1 Å². The van der Waals surface area contributed by atoms with Gasteiger partial charge in [0, 0.05) is 42.3 Å². The number of rotatable bonds is 7. The van der Waals surface area contributed by atoms with Crippen LogP contribution >= 0.6 is 11.6 Å². The van der Waals surface area contributed by atoms with Crippen LogP contribution in [0.2, 0.25) is 0 Å². The van der Waals surface area contributed by atoms with E-state index in [-0.39, 0.29) is 24.9 Å². The summed E-state index contributed by atoms with van der Waals surface area (Å²) in [6.07, 6.45) is 1.06. The Bertz CT molecular complexity index is 1130. The van der Waals surface area contributed by atoms with Gasteiger partial charge in [-0.15, -0.1) is 0 Å². The fraction of sp³-hybridized carbons (Fsp3) is 0.348. The number of H-pyrrole nitrogens is 1. The number of carbonyl (C=O) groups is 3. The van der Waals surface area contributed by atoms with Crippen molar-refractivity contribution in [1.29, 1.82) is 0 Å². The second kappa shape index (κ2) is 10.1. The van der Waals surface area contributed by atoms with Crippen molar-refractivity contribution in [3.63, 3.8) is 0 Å². The van der Waals surface area contributed by atoms with Gasteiger partial charge in [-0.05, 0) is 57.5 Å². The number of aryl methyl sites for hydroxylation is 1. The van der Waals surface area contributed by atoms with Crippen LogP contribution in [0.4, 0.5) is 14.9 Å². The number of carbonyl (C=O) groups excluding carboxylic acids is 3. The van der Waals surface area contributed by atoms with E-state index >= 15 is 0 Å². The van der Waals surface area contributed by atoms with Crippen molar-refractivity contribution in [3.8, 4) is 0 Å². The topological polar surface area (TPSA) is 104 Å². The molecule has 1 aliphatic rings. The molecular weight excluding hydrogens is 451 g/mol. The molecule has 0 radical (unpaired) electrons. The summed E-state index contributed by atoms with van der Waals surface area (Å²) in [6, 6.07) is 4.09. The van der Waals surface area contributed by atoms with E-state index in [0.717, 1.165) is 0 Å². The summed E-state index contributed by atoms with van der Waals surface area (Å²) in [5, 5.41) is 5.51. The number of amides is 3. The van der Waals surface area contributed by atoms with Crippen LogP contribution in [0.25, 0.3) is 11.6 Å². The number of aromatic amines is 1. The Morgan fingerprint density at radius 3 is 2.73 bits per heavy atom. The molecule has 3 amide bonds. The van der Waals surface area contributed by atoms with Gasteiger partial charge in [0.1, 0.15) is 5.82 Å². The number of likely N-dealkylation sites (N-methyl/N-ethyl adjacent to an activating group) is 1. The van der Waals surface area contributed by atoms with Gasteiger partial charge in [0.15, 0.2) is 5.56 Å². The molecule has 0 spiro atoms. The van der Waals surface area contributed by atoms with Crippen LogP contribution in [0.3, 0.4) is 0 Å². The summed E-state index contributed by atoms with van der Waals surface area (Å²) in [4.78, 5) is 41.8. The molecule has 0 aliphatic carbocycles. The number of benzene rings is 1. The summed E-state index contributed by atoms with van der Waals surface area (Å²) < 4.78 is 18.7. The third kappa shape index (κ3) is 5.36. The molecule has 1 aromatic heterocycles. The highest BCUT2D eigenvalue weighted by molar-refractivity contribution is 6.34. The number of nitrogens with zero attached hydrogens (tertiary/aromatic N) is 1. The van der Waals surface area contributed by atoms with E-state index in [0.29, 0.717) is 45.9 Å². The highest BCUT2D eigenvalue weighted by atomic mass is 35.5. The second-order valence-corrected chi connectivity index (χ2v) is 8.24. The van der Waals surface area contributed by atoms with Gasteiger partial charge >= 0.3 is 6.09 Å². The molecule has 8 nitrogen and oxygen atoms in total. The molecule has 1 atom stereocenters. The van der Waals surface area contributed by atoms with Crippen molar-refractivity contribution in [2.75, 3.05) is 25.0 Å². The molecule has 33 heavy (non-hydrogen) atoms. The van der Waals surface area contributed by atoms with Gasteiger partial charge in [0.2, 0.25) is 0 Å².